The van der Waals surface area contributed by atoms with Crippen LogP contribution in [0.4, 0.5) is 0 Å². The van der Waals surface area contributed by atoms with Gasteiger partial charge in [-0.15, -0.1) is 0 Å². The number of hydrogen-bond donors (Lipinski definition) is 1. The zero-order valence-corrected chi connectivity index (χ0v) is 12.8. The van der Waals surface area contributed by atoms with E-state index in [4.69, 9.17) is 4.74 Å². The molecule has 3 heteroatoms. The van der Waals surface area contributed by atoms with Gasteiger partial charge < -0.3 is 9.84 Å². The van der Waals surface area contributed by atoms with E-state index in [2.05, 4.69) is 0 Å². The lowest BCUT2D eigenvalue weighted by Crippen LogP contribution is -2.25. The predicted molar refractivity (Wildman–Crippen MR) is 85.6 cm³/mol. The molecule has 0 atom stereocenters. The number of hydrogen-bond acceptors (Lipinski definition) is 2. The SMILES string of the molecule is C/C=C(/c1ccc2cc(OC)ccc2c1)C(C)(C)C(=O)O. The van der Waals surface area contributed by atoms with Gasteiger partial charge in [-0.1, -0.05) is 24.3 Å². The molecule has 2 aromatic carbocycles. The first-order valence-corrected chi connectivity index (χ1v) is 6.88. The van der Waals surface area contributed by atoms with E-state index in [9.17, 15) is 9.90 Å². The highest BCUT2D eigenvalue weighted by molar-refractivity contribution is 5.94. The molecule has 0 bridgehead atoms. The maximum atomic E-state index is 11.5. The van der Waals surface area contributed by atoms with Crippen molar-refractivity contribution < 1.29 is 14.6 Å². The Morgan fingerprint density at radius 2 is 1.76 bits per heavy atom. The molecular weight excluding hydrogens is 264 g/mol. The van der Waals surface area contributed by atoms with Crippen molar-refractivity contribution in [2.24, 2.45) is 5.41 Å². The predicted octanol–water partition coefficient (Wildman–Crippen LogP) is 4.36. The van der Waals surface area contributed by atoms with Gasteiger partial charge in [-0.3, -0.25) is 4.79 Å². The fraction of sp³-hybridized carbons (Fsp3) is 0.278. The number of carboxylic acid groups (broad SMARTS) is 1. The van der Waals surface area contributed by atoms with Crippen molar-refractivity contribution >= 4 is 22.3 Å². The molecule has 0 saturated heterocycles. The second-order valence-corrected chi connectivity index (χ2v) is 5.56. The van der Waals surface area contributed by atoms with Crippen molar-refractivity contribution in [2.45, 2.75) is 20.8 Å². The summed E-state index contributed by atoms with van der Waals surface area (Å²) in [6, 6.07) is 11.8. The van der Waals surface area contributed by atoms with Crippen LogP contribution in [-0.4, -0.2) is 18.2 Å². The molecule has 21 heavy (non-hydrogen) atoms. The van der Waals surface area contributed by atoms with Crippen molar-refractivity contribution in [3.05, 3.63) is 48.0 Å². The van der Waals surface area contributed by atoms with Crippen LogP contribution in [0, 0.1) is 5.41 Å². The molecule has 2 aromatic rings. The van der Waals surface area contributed by atoms with E-state index < -0.39 is 11.4 Å². The topological polar surface area (TPSA) is 46.5 Å². The Labute approximate surface area is 124 Å². The molecule has 0 aliphatic rings. The van der Waals surface area contributed by atoms with Crippen molar-refractivity contribution in [1.29, 1.82) is 0 Å². The minimum Gasteiger partial charge on any atom is -0.497 e. The maximum absolute atomic E-state index is 11.5. The van der Waals surface area contributed by atoms with Gasteiger partial charge in [0.05, 0.1) is 12.5 Å². The average molecular weight is 284 g/mol. The van der Waals surface area contributed by atoms with E-state index in [1.165, 1.54) is 0 Å². The summed E-state index contributed by atoms with van der Waals surface area (Å²) in [5.41, 5.74) is 0.824. The van der Waals surface area contributed by atoms with Gasteiger partial charge in [0.15, 0.2) is 0 Å². The molecular formula is C18H20O3. The highest BCUT2D eigenvalue weighted by Crippen LogP contribution is 2.36. The zero-order valence-electron chi connectivity index (χ0n) is 12.8. The van der Waals surface area contributed by atoms with Gasteiger partial charge in [-0.05, 0) is 60.9 Å². The Hall–Kier alpha value is -2.29. The number of allylic oxidation sites excluding steroid dienone is 1. The Bertz CT molecular complexity index is 711. The first kappa shape index (κ1) is 15.1. The van der Waals surface area contributed by atoms with Gasteiger partial charge in [0.1, 0.15) is 5.75 Å². The fourth-order valence-corrected chi connectivity index (χ4v) is 2.52. The van der Waals surface area contributed by atoms with Crippen molar-refractivity contribution in [1.82, 2.24) is 0 Å². The van der Waals surface area contributed by atoms with Crippen LogP contribution in [0.3, 0.4) is 0 Å². The number of methoxy groups -OCH3 is 1. The standard InChI is InChI=1S/C18H20O3/c1-5-16(18(2,3)17(19)20)14-7-6-13-11-15(21-4)9-8-12(13)10-14/h5-11H,1-4H3,(H,19,20)/b16-5-. The maximum Gasteiger partial charge on any atom is 0.313 e. The van der Waals surface area contributed by atoms with E-state index in [0.29, 0.717) is 0 Å². The summed E-state index contributed by atoms with van der Waals surface area (Å²) in [5.74, 6) is -0.0159. The van der Waals surface area contributed by atoms with Gasteiger partial charge in [-0.25, -0.2) is 0 Å². The lowest BCUT2D eigenvalue weighted by molar-refractivity contribution is -0.143. The van der Waals surface area contributed by atoms with Gasteiger partial charge >= 0.3 is 5.97 Å². The Morgan fingerprint density at radius 3 is 2.33 bits per heavy atom. The minimum atomic E-state index is -0.922. The average Bonchev–Trinajstić information content (AvgIpc) is 2.47. The summed E-state index contributed by atoms with van der Waals surface area (Å²) in [6.07, 6.45) is 1.87. The highest BCUT2D eigenvalue weighted by atomic mass is 16.5. The molecule has 0 unspecified atom stereocenters. The summed E-state index contributed by atoms with van der Waals surface area (Å²) in [6.45, 7) is 5.32. The molecule has 2 rings (SSSR count). The molecule has 110 valence electrons. The van der Waals surface area contributed by atoms with Gasteiger partial charge in [-0.2, -0.15) is 0 Å². The van der Waals surface area contributed by atoms with Gasteiger partial charge in [0, 0.05) is 0 Å². The normalized spacial score (nSPS) is 12.5. The second kappa shape index (κ2) is 5.60. The first-order valence-electron chi connectivity index (χ1n) is 6.88. The van der Waals surface area contributed by atoms with Crippen LogP contribution < -0.4 is 4.74 Å². The molecule has 0 aliphatic carbocycles. The molecule has 0 spiro atoms. The molecule has 0 fully saturated rings. The van der Waals surface area contributed by atoms with Crippen LogP contribution in [0.15, 0.2) is 42.5 Å². The highest BCUT2D eigenvalue weighted by Gasteiger charge is 2.32. The van der Waals surface area contributed by atoms with Crippen LogP contribution in [0.5, 0.6) is 5.75 Å². The fourth-order valence-electron chi connectivity index (χ4n) is 2.52. The van der Waals surface area contributed by atoms with Crippen LogP contribution in [-0.2, 0) is 4.79 Å². The largest absolute Gasteiger partial charge is 0.497 e. The summed E-state index contributed by atoms with van der Waals surface area (Å²) >= 11 is 0. The van der Waals surface area contributed by atoms with Crippen molar-refractivity contribution in [2.75, 3.05) is 7.11 Å². The van der Waals surface area contributed by atoms with E-state index in [-0.39, 0.29) is 0 Å². The summed E-state index contributed by atoms with van der Waals surface area (Å²) in [7, 11) is 1.64. The molecule has 0 aromatic heterocycles. The summed E-state index contributed by atoms with van der Waals surface area (Å²) < 4.78 is 5.22. The molecule has 0 aliphatic heterocycles. The van der Waals surface area contributed by atoms with Crippen molar-refractivity contribution in [3.63, 3.8) is 0 Å². The molecule has 3 nitrogen and oxygen atoms in total. The number of fused-ring (bicyclic) bond motifs is 1. The van der Waals surface area contributed by atoms with Crippen LogP contribution in [0.1, 0.15) is 26.3 Å². The molecule has 0 amide bonds. The Morgan fingerprint density at radius 1 is 1.14 bits per heavy atom. The lowest BCUT2D eigenvalue weighted by atomic mass is 9.79. The first-order chi connectivity index (χ1) is 9.90. The number of aliphatic carboxylic acids is 1. The number of benzene rings is 2. The van der Waals surface area contributed by atoms with Crippen molar-refractivity contribution in [3.8, 4) is 5.75 Å². The van der Waals surface area contributed by atoms with E-state index in [1.807, 2.05) is 49.4 Å². The third-order valence-corrected chi connectivity index (χ3v) is 3.86. The molecule has 0 saturated carbocycles. The number of ether oxygens (including phenoxy) is 1. The molecule has 0 radical (unpaired) electrons. The van der Waals surface area contributed by atoms with Crippen LogP contribution >= 0.6 is 0 Å². The monoisotopic (exact) mass is 284 g/mol. The third-order valence-electron chi connectivity index (χ3n) is 3.86. The second-order valence-electron chi connectivity index (χ2n) is 5.56. The Balaban J connectivity index is 2.54. The van der Waals surface area contributed by atoms with E-state index in [1.54, 1.807) is 21.0 Å². The smallest absolute Gasteiger partial charge is 0.313 e. The Kier molecular flexibility index (Phi) is 4.03. The molecule has 0 heterocycles. The summed E-state index contributed by atoms with van der Waals surface area (Å²) in [5, 5.41) is 11.6. The van der Waals surface area contributed by atoms with Crippen LogP contribution in [0.25, 0.3) is 16.3 Å². The lowest BCUT2D eigenvalue weighted by Gasteiger charge is -2.24. The molecule has 1 N–H and O–H groups in total. The zero-order chi connectivity index (χ0) is 15.6. The number of carbonyl (C=O) groups is 1. The van der Waals surface area contributed by atoms with Gasteiger partial charge in [0.2, 0.25) is 0 Å². The van der Waals surface area contributed by atoms with Gasteiger partial charge in [0.25, 0.3) is 0 Å². The number of rotatable bonds is 4. The quantitative estimate of drug-likeness (QED) is 0.907. The van der Waals surface area contributed by atoms with E-state index >= 15 is 0 Å². The minimum absolute atomic E-state index is 0.812. The van der Waals surface area contributed by atoms with E-state index in [0.717, 1.165) is 27.7 Å². The third kappa shape index (κ3) is 2.77. The summed E-state index contributed by atoms with van der Waals surface area (Å²) in [4.78, 5) is 11.5. The van der Waals surface area contributed by atoms with Crippen LogP contribution in [0.2, 0.25) is 0 Å². The number of carboxylic acids is 1.